The molecular weight excluding hydrogens is 441 g/mol. The molecule has 0 unspecified atom stereocenters. The van der Waals surface area contributed by atoms with Gasteiger partial charge in [-0.15, -0.1) is 0 Å². The zero-order valence-corrected chi connectivity index (χ0v) is 20.8. The Labute approximate surface area is 205 Å². The van der Waals surface area contributed by atoms with Gasteiger partial charge in [-0.2, -0.15) is 10.2 Å². The van der Waals surface area contributed by atoms with Gasteiger partial charge in [-0.05, 0) is 68.1 Å². The van der Waals surface area contributed by atoms with Crippen molar-refractivity contribution < 1.29 is 9.18 Å². The number of carbonyl (C=O) groups is 1. The number of nitrogens with zero attached hydrogens (tertiary/aromatic N) is 4. The van der Waals surface area contributed by atoms with Crippen molar-refractivity contribution in [1.82, 2.24) is 24.9 Å². The van der Waals surface area contributed by atoms with Crippen LogP contribution < -0.4 is 5.32 Å². The lowest BCUT2D eigenvalue weighted by Crippen LogP contribution is -2.23. The summed E-state index contributed by atoms with van der Waals surface area (Å²) in [5.41, 5.74) is 6.56. The third kappa shape index (κ3) is 5.85. The molecule has 0 fully saturated rings. The van der Waals surface area contributed by atoms with Crippen molar-refractivity contribution in [2.45, 2.75) is 53.6 Å². The maximum Gasteiger partial charge on any atom is 0.220 e. The number of hydrogen-bond donors (Lipinski definition) is 1. The van der Waals surface area contributed by atoms with Gasteiger partial charge in [-0.25, -0.2) is 9.07 Å². The van der Waals surface area contributed by atoms with Gasteiger partial charge in [-0.1, -0.05) is 32.0 Å². The summed E-state index contributed by atoms with van der Waals surface area (Å²) in [6.45, 7) is 9.62. The van der Waals surface area contributed by atoms with Crippen LogP contribution in [0.25, 0.3) is 16.9 Å². The van der Waals surface area contributed by atoms with Crippen LogP contribution >= 0.6 is 0 Å². The molecule has 1 N–H and O–H groups in total. The van der Waals surface area contributed by atoms with Crippen molar-refractivity contribution in [3.63, 3.8) is 0 Å². The van der Waals surface area contributed by atoms with Crippen LogP contribution in [0.1, 0.15) is 42.8 Å². The molecule has 7 heteroatoms. The van der Waals surface area contributed by atoms with Crippen LogP contribution in [-0.2, 0) is 24.3 Å². The van der Waals surface area contributed by atoms with Crippen molar-refractivity contribution in [1.29, 1.82) is 0 Å². The van der Waals surface area contributed by atoms with Crippen molar-refractivity contribution in [3.05, 3.63) is 89.1 Å². The SMILES string of the molecule is Cc1nn(CC(C)C)c(C)c1CCC(=O)NCc1cn(-c2ccccc2)nc1-c1ccc(F)cc1. The van der Waals surface area contributed by atoms with Crippen LogP contribution in [0.15, 0.2) is 60.8 Å². The van der Waals surface area contributed by atoms with Crippen molar-refractivity contribution in [3.8, 4) is 16.9 Å². The number of hydrogen-bond acceptors (Lipinski definition) is 3. The van der Waals surface area contributed by atoms with Crippen molar-refractivity contribution >= 4 is 5.91 Å². The van der Waals surface area contributed by atoms with Gasteiger partial charge < -0.3 is 5.32 Å². The number of amides is 1. The Morgan fingerprint density at radius 2 is 1.74 bits per heavy atom. The van der Waals surface area contributed by atoms with Crippen LogP contribution in [0.5, 0.6) is 0 Å². The Morgan fingerprint density at radius 3 is 2.43 bits per heavy atom. The summed E-state index contributed by atoms with van der Waals surface area (Å²) in [7, 11) is 0. The highest BCUT2D eigenvalue weighted by atomic mass is 19.1. The third-order valence-electron chi connectivity index (χ3n) is 6.08. The molecule has 182 valence electrons. The number of aromatic nitrogens is 4. The summed E-state index contributed by atoms with van der Waals surface area (Å²) in [6.07, 6.45) is 2.95. The maximum absolute atomic E-state index is 13.5. The summed E-state index contributed by atoms with van der Waals surface area (Å²) in [5, 5.41) is 12.4. The van der Waals surface area contributed by atoms with Gasteiger partial charge in [-0.3, -0.25) is 9.48 Å². The topological polar surface area (TPSA) is 64.7 Å². The molecule has 0 aliphatic rings. The van der Waals surface area contributed by atoms with Gasteiger partial charge in [0, 0.05) is 42.5 Å². The van der Waals surface area contributed by atoms with E-state index in [0.29, 0.717) is 25.3 Å². The van der Waals surface area contributed by atoms with Gasteiger partial charge >= 0.3 is 0 Å². The zero-order chi connectivity index (χ0) is 24.9. The summed E-state index contributed by atoms with van der Waals surface area (Å²) < 4.78 is 17.3. The first-order valence-corrected chi connectivity index (χ1v) is 12.0. The second-order valence-corrected chi connectivity index (χ2v) is 9.29. The highest BCUT2D eigenvalue weighted by Crippen LogP contribution is 2.24. The van der Waals surface area contributed by atoms with Crippen LogP contribution in [0, 0.1) is 25.6 Å². The average molecular weight is 474 g/mol. The number of aryl methyl sites for hydroxylation is 1. The van der Waals surface area contributed by atoms with Crippen LogP contribution in [0.4, 0.5) is 4.39 Å². The molecule has 35 heavy (non-hydrogen) atoms. The molecule has 0 spiro atoms. The normalized spacial score (nSPS) is 11.3. The molecule has 0 radical (unpaired) electrons. The molecule has 4 aromatic rings. The monoisotopic (exact) mass is 473 g/mol. The Bertz CT molecular complexity index is 1290. The number of benzene rings is 2. The molecule has 0 saturated heterocycles. The molecule has 2 aromatic heterocycles. The molecule has 4 rings (SSSR count). The van der Waals surface area contributed by atoms with E-state index in [1.165, 1.54) is 12.1 Å². The van der Waals surface area contributed by atoms with Crippen LogP contribution in [-0.4, -0.2) is 25.5 Å². The molecule has 2 aromatic carbocycles. The minimum Gasteiger partial charge on any atom is -0.352 e. The van der Waals surface area contributed by atoms with E-state index in [9.17, 15) is 9.18 Å². The molecule has 6 nitrogen and oxygen atoms in total. The zero-order valence-electron chi connectivity index (χ0n) is 20.8. The van der Waals surface area contributed by atoms with Gasteiger partial charge in [0.1, 0.15) is 5.82 Å². The Morgan fingerprint density at radius 1 is 1.03 bits per heavy atom. The van der Waals surface area contributed by atoms with E-state index in [1.54, 1.807) is 16.8 Å². The van der Waals surface area contributed by atoms with E-state index >= 15 is 0 Å². The molecule has 0 bridgehead atoms. The molecule has 0 saturated carbocycles. The maximum atomic E-state index is 13.5. The number of rotatable bonds is 9. The first-order valence-electron chi connectivity index (χ1n) is 12.0. The van der Waals surface area contributed by atoms with E-state index in [1.807, 2.05) is 48.1 Å². The molecule has 0 aliphatic carbocycles. The fourth-order valence-corrected chi connectivity index (χ4v) is 4.24. The highest BCUT2D eigenvalue weighted by molar-refractivity contribution is 5.76. The van der Waals surface area contributed by atoms with Crippen LogP contribution in [0.3, 0.4) is 0 Å². The summed E-state index contributed by atoms with van der Waals surface area (Å²) in [4.78, 5) is 12.8. The molecular formula is C28H32FN5O. The Kier molecular flexibility index (Phi) is 7.44. The molecule has 0 atom stereocenters. The van der Waals surface area contributed by atoms with E-state index in [2.05, 4.69) is 31.2 Å². The summed E-state index contributed by atoms with van der Waals surface area (Å²) in [5.74, 6) is 0.183. The standard InChI is InChI=1S/C28H32FN5O/c1-19(2)17-33-21(4)26(20(3)31-33)14-15-27(35)30-16-23-18-34(25-8-6-5-7-9-25)32-28(23)22-10-12-24(29)13-11-22/h5-13,18-19H,14-17H2,1-4H3,(H,30,35). The number of carbonyl (C=O) groups excluding carboxylic acids is 1. The van der Waals surface area contributed by atoms with E-state index < -0.39 is 0 Å². The first kappa shape index (κ1) is 24.4. The number of nitrogens with one attached hydrogen (secondary N) is 1. The lowest BCUT2D eigenvalue weighted by Gasteiger charge is -2.08. The van der Waals surface area contributed by atoms with Crippen molar-refractivity contribution in [2.75, 3.05) is 0 Å². The Balaban J connectivity index is 1.47. The summed E-state index contributed by atoms with van der Waals surface area (Å²) >= 11 is 0. The van der Waals surface area contributed by atoms with Gasteiger partial charge in [0.25, 0.3) is 0 Å². The van der Waals surface area contributed by atoms with Crippen molar-refractivity contribution in [2.24, 2.45) is 5.92 Å². The molecule has 0 aliphatic heterocycles. The minimum atomic E-state index is -0.298. The quantitative estimate of drug-likeness (QED) is 0.354. The lowest BCUT2D eigenvalue weighted by molar-refractivity contribution is -0.121. The second-order valence-electron chi connectivity index (χ2n) is 9.29. The molecule has 1 amide bonds. The van der Waals surface area contributed by atoms with E-state index in [4.69, 9.17) is 5.10 Å². The highest BCUT2D eigenvalue weighted by Gasteiger charge is 2.16. The summed E-state index contributed by atoms with van der Waals surface area (Å²) in [6, 6.07) is 16.0. The smallest absolute Gasteiger partial charge is 0.220 e. The number of halogens is 1. The lowest BCUT2D eigenvalue weighted by atomic mass is 10.1. The third-order valence-corrected chi connectivity index (χ3v) is 6.08. The van der Waals surface area contributed by atoms with Gasteiger partial charge in [0.05, 0.1) is 17.1 Å². The average Bonchev–Trinajstić information content (AvgIpc) is 3.38. The van der Waals surface area contributed by atoms with E-state index in [-0.39, 0.29) is 11.7 Å². The first-order chi connectivity index (χ1) is 16.8. The fraction of sp³-hybridized carbons (Fsp3) is 0.321. The van der Waals surface area contributed by atoms with E-state index in [0.717, 1.165) is 46.0 Å². The minimum absolute atomic E-state index is 0.0297. The predicted molar refractivity (Wildman–Crippen MR) is 136 cm³/mol. The van der Waals surface area contributed by atoms with Gasteiger partial charge in [0.15, 0.2) is 0 Å². The predicted octanol–water partition coefficient (Wildman–Crippen LogP) is 5.40. The Hall–Kier alpha value is -3.74. The van der Waals surface area contributed by atoms with Crippen LogP contribution in [0.2, 0.25) is 0 Å². The largest absolute Gasteiger partial charge is 0.352 e. The molecule has 2 heterocycles. The van der Waals surface area contributed by atoms with Gasteiger partial charge in [0.2, 0.25) is 5.91 Å². The second kappa shape index (κ2) is 10.7. The fourth-order valence-electron chi connectivity index (χ4n) is 4.24. The number of para-hydroxylation sites is 1.